The summed E-state index contributed by atoms with van der Waals surface area (Å²) in [5, 5.41) is 12.1. The van der Waals surface area contributed by atoms with E-state index in [0.29, 0.717) is 18.2 Å². The van der Waals surface area contributed by atoms with Crippen molar-refractivity contribution >= 4 is 11.6 Å². The molecule has 0 radical (unpaired) electrons. The molecule has 112 valence electrons. The molecule has 21 heavy (non-hydrogen) atoms. The zero-order chi connectivity index (χ0) is 15.1. The average molecular weight is 285 g/mol. The number of nitrogens with zero attached hydrogens (tertiary/aromatic N) is 2. The quantitative estimate of drug-likeness (QED) is 0.865. The van der Waals surface area contributed by atoms with E-state index in [1.807, 2.05) is 24.1 Å². The number of benzene rings is 1. The molecule has 0 aliphatic heterocycles. The van der Waals surface area contributed by atoms with Crippen LogP contribution in [-0.4, -0.2) is 25.5 Å². The fourth-order valence-corrected chi connectivity index (χ4v) is 2.82. The number of hydrogen-bond donors (Lipinski definition) is 1. The topological polar surface area (TPSA) is 56.1 Å². The summed E-state index contributed by atoms with van der Waals surface area (Å²) >= 11 is 0. The van der Waals surface area contributed by atoms with E-state index in [1.54, 1.807) is 12.1 Å². The predicted octanol–water partition coefficient (Wildman–Crippen LogP) is 2.83. The van der Waals surface area contributed by atoms with E-state index in [-0.39, 0.29) is 5.91 Å². The number of carbonyl (C=O) groups is 1. The number of rotatable bonds is 4. The zero-order valence-electron chi connectivity index (χ0n) is 12.6. The second kappa shape index (κ2) is 7.68. The summed E-state index contributed by atoms with van der Waals surface area (Å²) in [7, 11) is 1.88. The highest BCUT2D eigenvalue weighted by Gasteiger charge is 2.15. The molecule has 1 N–H and O–H groups in total. The summed E-state index contributed by atoms with van der Waals surface area (Å²) in [6, 6.07) is 9.78. The van der Waals surface area contributed by atoms with Crippen LogP contribution in [0, 0.1) is 11.3 Å². The van der Waals surface area contributed by atoms with Gasteiger partial charge in [0.2, 0.25) is 5.91 Å². The molecule has 1 fully saturated rings. The monoisotopic (exact) mass is 285 g/mol. The maximum absolute atomic E-state index is 12.1. The predicted molar refractivity (Wildman–Crippen MR) is 84.1 cm³/mol. The van der Waals surface area contributed by atoms with Crippen LogP contribution in [0.2, 0.25) is 0 Å². The van der Waals surface area contributed by atoms with Crippen LogP contribution in [0.15, 0.2) is 24.3 Å². The van der Waals surface area contributed by atoms with Crippen LogP contribution in [0.3, 0.4) is 0 Å². The first kappa shape index (κ1) is 15.4. The molecule has 2 rings (SSSR count). The first-order valence-corrected chi connectivity index (χ1v) is 7.69. The van der Waals surface area contributed by atoms with E-state index < -0.39 is 0 Å². The standard InChI is InChI=1S/C17H23N3O/c1-20(16-10-6-7-14(11-16)12-18)13-17(21)19-15-8-4-2-3-5-9-15/h6-7,10-11,15H,2-5,8-9,13H2,1H3,(H,19,21). The largest absolute Gasteiger partial charge is 0.365 e. The van der Waals surface area contributed by atoms with Gasteiger partial charge in [-0.05, 0) is 31.0 Å². The molecule has 1 aromatic rings. The van der Waals surface area contributed by atoms with Crippen LogP contribution in [0.1, 0.15) is 44.1 Å². The van der Waals surface area contributed by atoms with Crippen LogP contribution in [0.5, 0.6) is 0 Å². The maximum Gasteiger partial charge on any atom is 0.239 e. The highest BCUT2D eigenvalue weighted by molar-refractivity contribution is 5.81. The lowest BCUT2D eigenvalue weighted by Gasteiger charge is -2.22. The Bertz CT molecular complexity index is 513. The second-order valence-corrected chi connectivity index (χ2v) is 5.77. The minimum Gasteiger partial charge on any atom is -0.365 e. The Labute approximate surface area is 126 Å². The van der Waals surface area contributed by atoms with E-state index in [0.717, 1.165) is 18.5 Å². The molecule has 4 heteroatoms. The molecule has 1 aromatic carbocycles. The Kier molecular flexibility index (Phi) is 5.62. The fraction of sp³-hybridized carbons (Fsp3) is 0.529. The Morgan fingerprint density at radius 2 is 2.05 bits per heavy atom. The minimum absolute atomic E-state index is 0.0618. The number of nitrogens with one attached hydrogen (secondary N) is 1. The summed E-state index contributed by atoms with van der Waals surface area (Å²) in [4.78, 5) is 14.0. The number of carbonyl (C=O) groups excluding carboxylic acids is 1. The molecule has 0 unspecified atom stereocenters. The van der Waals surface area contributed by atoms with Gasteiger partial charge in [-0.2, -0.15) is 5.26 Å². The minimum atomic E-state index is 0.0618. The van der Waals surface area contributed by atoms with Crippen molar-refractivity contribution in [3.05, 3.63) is 29.8 Å². The van der Waals surface area contributed by atoms with E-state index in [1.165, 1.54) is 25.7 Å². The third-order valence-corrected chi connectivity index (χ3v) is 4.02. The summed E-state index contributed by atoms with van der Waals surface area (Å²) in [6.45, 7) is 0.325. The fourth-order valence-electron chi connectivity index (χ4n) is 2.82. The molecule has 0 aromatic heterocycles. The van der Waals surface area contributed by atoms with Crippen LogP contribution in [0.25, 0.3) is 0 Å². The molecule has 1 aliphatic rings. The lowest BCUT2D eigenvalue weighted by atomic mass is 10.1. The van der Waals surface area contributed by atoms with Crippen LogP contribution < -0.4 is 10.2 Å². The summed E-state index contributed by atoms with van der Waals surface area (Å²) < 4.78 is 0. The maximum atomic E-state index is 12.1. The molecule has 1 saturated carbocycles. The molecule has 1 amide bonds. The molecular weight excluding hydrogens is 262 g/mol. The van der Waals surface area contributed by atoms with Gasteiger partial charge < -0.3 is 10.2 Å². The van der Waals surface area contributed by atoms with Crippen molar-refractivity contribution < 1.29 is 4.79 Å². The first-order valence-electron chi connectivity index (χ1n) is 7.69. The molecule has 4 nitrogen and oxygen atoms in total. The smallest absolute Gasteiger partial charge is 0.239 e. The van der Waals surface area contributed by atoms with Crippen molar-refractivity contribution in [2.45, 2.75) is 44.6 Å². The molecule has 0 spiro atoms. The Balaban J connectivity index is 1.87. The number of hydrogen-bond acceptors (Lipinski definition) is 3. The normalized spacial score (nSPS) is 15.8. The van der Waals surface area contributed by atoms with Gasteiger partial charge in [-0.15, -0.1) is 0 Å². The van der Waals surface area contributed by atoms with Crippen LogP contribution >= 0.6 is 0 Å². The summed E-state index contributed by atoms with van der Waals surface area (Å²) in [6.07, 6.45) is 7.19. The molecule has 0 saturated heterocycles. The molecule has 0 heterocycles. The van der Waals surface area contributed by atoms with E-state index >= 15 is 0 Å². The second-order valence-electron chi connectivity index (χ2n) is 5.77. The lowest BCUT2D eigenvalue weighted by Crippen LogP contribution is -2.40. The third kappa shape index (κ3) is 4.78. The van der Waals surface area contributed by atoms with Crippen molar-refractivity contribution in [1.29, 1.82) is 5.26 Å². The van der Waals surface area contributed by atoms with Crippen molar-refractivity contribution in [2.24, 2.45) is 0 Å². The first-order chi connectivity index (χ1) is 10.2. The Morgan fingerprint density at radius 1 is 1.33 bits per heavy atom. The van der Waals surface area contributed by atoms with E-state index in [4.69, 9.17) is 5.26 Å². The highest BCUT2D eigenvalue weighted by atomic mass is 16.2. The van der Waals surface area contributed by atoms with E-state index in [9.17, 15) is 4.79 Å². The molecule has 0 atom stereocenters. The Hall–Kier alpha value is -2.02. The van der Waals surface area contributed by atoms with Crippen molar-refractivity contribution in [2.75, 3.05) is 18.5 Å². The number of likely N-dealkylation sites (N-methyl/N-ethyl adjacent to an activating group) is 1. The van der Waals surface area contributed by atoms with Crippen LogP contribution in [0.4, 0.5) is 5.69 Å². The van der Waals surface area contributed by atoms with E-state index in [2.05, 4.69) is 11.4 Å². The molecule has 1 aliphatic carbocycles. The summed E-state index contributed by atoms with van der Waals surface area (Å²) in [5.41, 5.74) is 1.51. The van der Waals surface area contributed by atoms with Gasteiger partial charge in [-0.25, -0.2) is 0 Å². The molecule has 0 bridgehead atoms. The van der Waals surface area contributed by atoms with Crippen molar-refractivity contribution in [3.63, 3.8) is 0 Å². The van der Waals surface area contributed by atoms with Crippen molar-refractivity contribution in [3.8, 4) is 6.07 Å². The summed E-state index contributed by atoms with van der Waals surface area (Å²) in [5.74, 6) is 0.0618. The van der Waals surface area contributed by atoms with Crippen molar-refractivity contribution in [1.82, 2.24) is 5.32 Å². The van der Waals surface area contributed by atoms with Gasteiger partial charge in [0.05, 0.1) is 18.2 Å². The number of amides is 1. The van der Waals surface area contributed by atoms with Gasteiger partial charge >= 0.3 is 0 Å². The van der Waals surface area contributed by atoms with Gasteiger partial charge in [-0.1, -0.05) is 31.7 Å². The number of anilines is 1. The van der Waals surface area contributed by atoms with Gasteiger partial charge in [0, 0.05) is 18.8 Å². The van der Waals surface area contributed by atoms with Gasteiger partial charge in [0.1, 0.15) is 0 Å². The van der Waals surface area contributed by atoms with Crippen LogP contribution in [-0.2, 0) is 4.79 Å². The average Bonchev–Trinajstić information content (AvgIpc) is 2.75. The number of nitriles is 1. The lowest BCUT2D eigenvalue weighted by molar-refractivity contribution is -0.120. The molecular formula is C17H23N3O. The van der Waals surface area contributed by atoms with Gasteiger partial charge in [0.15, 0.2) is 0 Å². The Morgan fingerprint density at radius 3 is 2.71 bits per heavy atom. The van der Waals surface area contributed by atoms with Gasteiger partial charge in [-0.3, -0.25) is 4.79 Å². The SMILES string of the molecule is CN(CC(=O)NC1CCCCCC1)c1cccc(C#N)c1. The zero-order valence-corrected chi connectivity index (χ0v) is 12.6. The third-order valence-electron chi connectivity index (χ3n) is 4.02. The van der Waals surface area contributed by atoms with Gasteiger partial charge in [0.25, 0.3) is 0 Å². The highest BCUT2D eigenvalue weighted by Crippen LogP contribution is 2.17.